The normalized spacial score (nSPS) is 28.6. The molecule has 3 aromatic carbocycles. The minimum atomic E-state index is 0.207. The highest BCUT2D eigenvalue weighted by atomic mass is 14.5. The first-order chi connectivity index (χ1) is 26.0. The van der Waals surface area contributed by atoms with Gasteiger partial charge in [-0.15, -0.1) is 0 Å². The minimum absolute atomic E-state index is 0.207. The van der Waals surface area contributed by atoms with Crippen molar-refractivity contribution in [2.45, 2.75) is 59.3 Å². The molecule has 6 atom stereocenters. The second-order valence-corrected chi connectivity index (χ2v) is 17.4. The summed E-state index contributed by atoms with van der Waals surface area (Å²) in [5.74, 6) is 11.2. The van der Waals surface area contributed by atoms with E-state index in [4.69, 9.17) is 0 Å². The summed E-state index contributed by atoms with van der Waals surface area (Å²) in [7, 11) is 0. The molecule has 0 N–H and O–H groups in total. The Hall–Kier alpha value is -4.86. The summed E-state index contributed by atoms with van der Waals surface area (Å²) in [6.07, 6.45) is 36.0. The molecule has 53 heavy (non-hydrogen) atoms. The number of hydrogen-bond donors (Lipinski definition) is 0. The van der Waals surface area contributed by atoms with Gasteiger partial charge >= 0.3 is 0 Å². The van der Waals surface area contributed by atoms with Gasteiger partial charge in [0.1, 0.15) is 0 Å². The van der Waals surface area contributed by atoms with E-state index in [0.717, 1.165) is 19.3 Å². The molecular weight excluding hydrogens is 637 g/mol. The summed E-state index contributed by atoms with van der Waals surface area (Å²) in [6.45, 7) is 7.42. The Bertz CT molecular complexity index is 2280. The van der Waals surface area contributed by atoms with E-state index in [-0.39, 0.29) is 5.41 Å². The topological polar surface area (TPSA) is 0 Å². The van der Waals surface area contributed by atoms with Crippen molar-refractivity contribution in [1.29, 1.82) is 0 Å². The van der Waals surface area contributed by atoms with Gasteiger partial charge in [0.05, 0.1) is 0 Å². The molecule has 0 nitrogen and oxygen atoms in total. The van der Waals surface area contributed by atoms with E-state index < -0.39 is 0 Å². The zero-order valence-corrected chi connectivity index (χ0v) is 31.5. The third-order valence-corrected chi connectivity index (χ3v) is 14.1. The van der Waals surface area contributed by atoms with E-state index >= 15 is 0 Å². The van der Waals surface area contributed by atoms with Gasteiger partial charge in [0.2, 0.25) is 0 Å². The summed E-state index contributed by atoms with van der Waals surface area (Å²) >= 11 is 0. The summed E-state index contributed by atoms with van der Waals surface area (Å²) in [5.41, 5.74) is 17.3. The van der Waals surface area contributed by atoms with E-state index in [9.17, 15) is 0 Å². The van der Waals surface area contributed by atoms with E-state index in [1.54, 1.807) is 5.57 Å². The van der Waals surface area contributed by atoms with Crippen LogP contribution in [0.5, 0.6) is 0 Å². The molecule has 0 heteroatoms. The van der Waals surface area contributed by atoms with Crippen molar-refractivity contribution < 1.29 is 0 Å². The number of rotatable bonds is 5. The molecule has 0 amide bonds. The van der Waals surface area contributed by atoms with E-state index in [1.165, 1.54) is 80.5 Å². The molecule has 10 rings (SSSR count). The molecule has 0 radical (unpaired) electrons. The average molecular weight is 687 g/mol. The molecule has 0 aliphatic heterocycles. The van der Waals surface area contributed by atoms with Crippen LogP contribution in [-0.2, 0) is 6.42 Å². The summed E-state index contributed by atoms with van der Waals surface area (Å²) in [6, 6.07) is 22.7. The lowest BCUT2D eigenvalue weighted by atomic mass is 9.63. The van der Waals surface area contributed by atoms with Crippen molar-refractivity contribution >= 4 is 17.2 Å². The maximum absolute atomic E-state index is 3.86. The largest absolute Gasteiger partial charge is 0.0972 e. The Morgan fingerprint density at radius 2 is 1.55 bits per heavy atom. The summed E-state index contributed by atoms with van der Waals surface area (Å²) in [4.78, 5) is 0. The fourth-order valence-corrected chi connectivity index (χ4v) is 11.5. The van der Waals surface area contributed by atoms with Crippen LogP contribution in [0.3, 0.4) is 0 Å². The van der Waals surface area contributed by atoms with Gasteiger partial charge < -0.3 is 0 Å². The van der Waals surface area contributed by atoms with Crippen LogP contribution in [0.25, 0.3) is 39.5 Å². The number of allylic oxidation sites excluding steroid dienone is 15. The van der Waals surface area contributed by atoms with E-state index in [1.807, 2.05) is 0 Å². The smallest absolute Gasteiger partial charge is 0.0325 e. The first-order valence-corrected chi connectivity index (χ1v) is 20.3. The van der Waals surface area contributed by atoms with Crippen molar-refractivity contribution in [2.24, 2.45) is 46.8 Å². The van der Waals surface area contributed by atoms with Crippen molar-refractivity contribution in [3.05, 3.63) is 161 Å². The molecule has 0 spiro atoms. The summed E-state index contributed by atoms with van der Waals surface area (Å²) in [5, 5.41) is 0. The van der Waals surface area contributed by atoms with E-state index in [2.05, 4.69) is 166 Å². The van der Waals surface area contributed by atoms with Crippen molar-refractivity contribution in [3.8, 4) is 34.1 Å². The van der Waals surface area contributed by atoms with Gasteiger partial charge in [0, 0.05) is 23.5 Å². The highest BCUT2D eigenvalue weighted by Crippen LogP contribution is 2.58. The van der Waals surface area contributed by atoms with E-state index in [0.29, 0.717) is 41.4 Å². The Morgan fingerprint density at radius 1 is 0.792 bits per heavy atom. The van der Waals surface area contributed by atoms with Crippen LogP contribution in [0.2, 0.25) is 0 Å². The number of fused-ring (bicyclic) bond motifs is 5. The van der Waals surface area contributed by atoms with Crippen LogP contribution < -0.4 is 0 Å². The Balaban J connectivity index is 1.26. The molecule has 4 bridgehead atoms. The molecular formula is C53H50. The number of hydrogen-bond acceptors (Lipinski definition) is 0. The van der Waals surface area contributed by atoms with Gasteiger partial charge in [0.25, 0.3) is 0 Å². The predicted octanol–water partition coefficient (Wildman–Crippen LogP) is 13.3. The maximum atomic E-state index is 3.86. The molecule has 7 aliphatic rings. The third kappa shape index (κ3) is 5.42. The van der Waals surface area contributed by atoms with Gasteiger partial charge in [-0.1, -0.05) is 166 Å². The first-order valence-electron chi connectivity index (χ1n) is 20.3. The molecule has 7 aliphatic carbocycles. The van der Waals surface area contributed by atoms with Crippen LogP contribution in [0.15, 0.2) is 139 Å². The lowest BCUT2D eigenvalue weighted by molar-refractivity contribution is 0.148. The SMILES string of the molecule is CC1CC=CC(C)(C)C1CC1C=CC=C2c3c(c(-c4ccccc4)c4c(c3-c3ccccc3)C=CC(C3C=CC=C3)=CC3CCC5=C4C#CCC53)CC21. The van der Waals surface area contributed by atoms with Crippen molar-refractivity contribution in [2.75, 3.05) is 0 Å². The van der Waals surface area contributed by atoms with Gasteiger partial charge in [-0.3, -0.25) is 0 Å². The first kappa shape index (κ1) is 32.8. The Labute approximate surface area is 317 Å². The number of benzene rings is 3. The standard InChI is InChI=1S/C53H50/c1-34-15-14-30-53(2,3)48(34)32-39-22-12-24-44-46(39)33-47-50(37-20-8-5-9-21-37)51-43-25-13-23-41-40(27-28-42(41)43)31-38(35-16-10-11-17-35)26-29-45(51)49(52(44)47)36-18-6-4-7-19-36/h4-12,14,16-22,24,26,29-31,34-35,39-41,46,48H,15,23,27-28,32-33H2,1-3H3. The molecule has 1 saturated carbocycles. The lowest BCUT2D eigenvalue weighted by Gasteiger charge is -2.42. The highest BCUT2D eigenvalue weighted by molar-refractivity contribution is 6.05. The van der Waals surface area contributed by atoms with Gasteiger partial charge in [-0.25, -0.2) is 0 Å². The molecule has 6 unspecified atom stereocenters. The van der Waals surface area contributed by atoms with Crippen LogP contribution in [0, 0.1) is 58.7 Å². The second kappa shape index (κ2) is 12.9. The minimum Gasteiger partial charge on any atom is -0.0972 e. The molecule has 0 heterocycles. The monoisotopic (exact) mass is 686 g/mol. The van der Waals surface area contributed by atoms with Crippen LogP contribution in [0.1, 0.15) is 75.1 Å². The van der Waals surface area contributed by atoms with Crippen LogP contribution >= 0.6 is 0 Å². The van der Waals surface area contributed by atoms with Gasteiger partial charge in [-0.2, -0.15) is 0 Å². The fraction of sp³-hybridized carbons (Fsp3) is 0.321. The van der Waals surface area contributed by atoms with Crippen LogP contribution in [-0.4, -0.2) is 0 Å². The highest BCUT2D eigenvalue weighted by Gasteiger charge is 2.44. The molecule has 0 aromatic heterocycles. The zero-order valence-electron chi connectivity index (χ0n) is 31.5. The van der Waals surface area contributed by atoms with Gasteiger partial charge in [-0.05, 0) is 129 Å². The molecule has 0 saturated heterocycles. The maximum Gasteiger partial charge on any atom is 0.0325 e. The quantitative estimate of drug-likeness (QED) is 0.185. The zero-order chi connectivity index (χ0) is 35.7. The Morgan fingerprint density at radius 3 is 2.30 bits per heavy atom. The molecule has 1 fully saturated rings. The average Bonchev–Trinajstić information content (AvgIpc) is 3.94. The Kier molecular flexibility index (Phi) is 7.99. The van der Waals surface area contributed by atoms with Crippen molar-refractivity contribution in [1.82, 2.24) is 0 Å². The van der Waals surface area contributed by atoms with Gasteiger partial charge in [0.15, 0.2) is 0 Å². The second-order valence-electron chi connectivity index (χ2n) is 17.4. The molecule has 3 aromatic rings. The third-order valence-electron chi connectivity index (χ3n) is 14.1. The molecule has 262 valence electrons. The fourth-order valence-electron chi connectivity index (χ4n) is 11.5. The van der Waals surface area contributed by atoms with Crippen molar-refractivity contribution in [3.63, 3.8) is 0 Å². The van der Waals surface area contributed by atoms with Crippen LogP contribution in [0.4, 0.5) is 0 Å². The summed E-state index contributed by atoms with van der Waals surface area (Å²) < 4.78 is 0. The lowest BCUT2D eigenvalue weighted by Crippen LogP contribution is -2.33. The predicted molar refractivity (Wildman–Crippen MR) is 224 cm³/mol.